The first-order valence-electron chi connectivity index (χ1n) is 11.4. The van der Waals surface area contributed by atoms with Crippen LogP contribution in [0.3, 0.4) is 0 Å². The quantitative estimate of drug-likeness (QED) is 0.200. The van der Waals surface area contributed by atoms with Crippen LogP contribution >= 0.6 is 20.8 Å². The summed E-state index contributed by atoms with van der Waals surface area (Å²) in [5, 5.41) is 10.4. The molecule has 0 aromatic heterocycles. The van der Waals surface area contributed by atoms with E-state index < -0.39 is 5.31 Å². The van der Waals surface area contributed by atoms with Crippen molar-refractivity contribution < 1.29 is 9.84 Å². The molecular weight excluding hydrogens is 491 g/mol. The monoisotopic (exact) mass is 520 g/mol. The summed E-state index contributed by atoms with van der Waals surface area (Å²) in [6.45, 7) is 0.716. The molecule has 0 bridgehead atoms. The van der Waals surface area contributed by atoms with E-state index in [9.17, 15) is 5.11 Å². The molecule has 0 aliphatic heterocycles. The third-order valence-electron chi connectivity index (χ3n) is 6.23. The Morgan fingerprint density at radius 3 is 1.48 bits per heavy atom. The van der Waals surface area contributed by atoms with E-state index in [2.05, 4.69) is 106 Å². The molecule has 4 aromatic rings. The standard InChI is InChI=1S/C29H30BrO2P/c30-33(27-12-4-1-5-13-27,28-14-6-2-7-15-28,29-16-8-3-9-17-29)23-11-10-22-32-26-20-18-25(24-31)19-21-26/h1-9,12-21,31H,10-11,22-24H2. The normalized spacial score (nSPS) is 12.6. The fraction of sp³-hybridized carbons (Fsp3) is 0.172. The van der Waals surface area contributed by atoms with Crippen molar-refractivity contribution in [3.05, 3.63) is 121 Å². The second-order valence-corrected chi connectivity index (χ2v) is 17.3. The number of hydrogen-bond donors (Lipinski definition) is 1. The van der Waals surface area contributed by atoms with Crippen LogP contribution in [0.25, 0.3) is 0 Å². The van der Waals surface area contributed by atoms with Crippen molar-refractivity contribution in [2.75, 3.05) is 12.8 Å². The van der Waals surface area contributed by atoms with Gasteiger partial charge in [0.15, 0.2) is 0 Å². The zero-order valence-electron chi connectivity index (χ0n) is 18.7. The van der Waals surface area contributed by atoms with E-state index in [-0.39, 0.29) is 6.61 Å². The molecule has 0 saturated heterocycles. The van der Waals surface area contributed by atoms with Gasteiger partial charge in [-0.05, 0) is 0 Å². The summed E-state index contributed by atoms with van der Waals surface area (Å²) in [4.78, 5) is 0. The third kappa shape index (κ3) is 4.92. The Morgan fingerprint density at radius 1 is 0.606 bits per heavy atom. The van der Waals surface area contributed by atoms with Crippen LogP contribution in [-0.4, -0.2) is 17.9 Å². The zero-order chi connectivity index (χ0) is 23.0. The summed E-state index contributed by atoms with van der Waals surface area (Å²) < 4.78 is 5.99. The van der Waals surface area contributed by atoms with Gasteiger partial charge in [-0.15, -0.1) is 0 Å². The van der Waals surface area contributed by atoms with Gasteiger partial charge in [0.2, 0.25) is 0 Å². The fourth-order valence-corrected chi connectivity index (χ4v) is 12.2. The second kappa shape index (κ2) is 10.7. The van der Waals surface area contributed by atoms with Gasteiger partial charge >= 0.3 is 205 Å². The van der Waals surface area contributed by atoms with Crippen molar-refractivity contribution >= 4 is 36.7 Å². The topological polar surface area (TPSA) is 29.5 Å². The van der Waals surface area contributed by atoms with E-state index in [1.165, 1.54) is 15.9 Å². The van der Waals surface area contributed by atoms with Gasteiger partial charge in [-0.1, -0.05) is 0 Å². The number of hydrogen-bond acceptors (Lipinski definition) is 2. The molecule has 0 aliphatic carbocycles. The van der Waals surface area contributed by atoms with E-state index >= 15 is 0 Å². The molecule has 4 rings (SSSR count). The van der Waals surface area contributed by atoms with Gasteiger partial charge in [0.05, 0.1) is 0 Å². The van der Waals surface area contributed by atoms with Crippen molar-refractivity contribution in [3.8, 4) is 5.75 Å². The van der Waals surface area contributed by atoms with Gasteiger partial charge in [-0.25, -0.2) is 0 Å². The van der Waals surface area contributed by atoms with Crippen molar-refractivity contribution in [2.45, 2.75) is 19.4 Å². The summed E-state index contributed by atoms with van der Waals surface area (Å²) >= 11 is 4.50. The van der Waals surface area contributed by atoms with E-state index in [1.54, 1.807) is 0 Å². The molecule has 0 heterocycles. The van der Waals surface area contributed by atoms with Gasteiger partial charge in [0.1, 0.15) is 0 Å². The first kappa shape index (κ1) is 23.7. The number of benzene rings is 4. The van der Waals surface area contributed by atoms with E-state index in [1.807, 2.05) is 24.3 Å². The van der Waals surface area contributed by atoms with Gasteiger partial charge in [0, 0.05) is 0 Å². The number of rotatable bonds is 10. The minimum absolute atomic E-state index is 0.0527. The van der Waals surface area contributed by atoms with Crippen LogP contribution < -0.4 is 20.7 Å². The van der Waals surface area contributed by atoms with E-state index in [0.29, 0.717) is 6.61 Å². The number of ether oxygens (including phenoxy) is 1. The average molecular weight is 521 g/mol. The van der Waals surface area contributed by atoms with Gasteiger partial charge in [0.25, 0.3) is 0 Å². The Labute approximate surface area is 204 Å². The van der Waals surface area contributed by atoms with Crippen molar-refractivity contribution in [3.63, 3.8) is 0 Å². The maximum atomic E-state index is 9.22. The molecule has 0 amide bonds. The Balaban J connectivity index is 1.62. The molecule has 0 aliphatic rings. The molecule has 0 unspecified atom stereocenters. The van der Waals surface area contributed by atoms with Crippen molar-refractivity contribution in [1.29, 1.82) is 0 Å². The van der Waals surface area contributed by atoms with Gasteiger partial charge in [-0.3, -0.25) is 0 Å². The molecule has 0 spiro atoms. The zero-order valence-corrected chi connectivity index (χ0v) is 21.2. The average Bonchev–Trinajstić information content (AvgIpc) is 2.90. The third-order valence-corrected chi connectivity index (χ3v) is 16.3. The first-order chi connectivity index (χ1) is 16.1. The predicted octanol–water partition coefficient (Wildman–Crippen LogP) is 6.18. The van der Waals surface area contributed by atoms with Crippen LogP contribution in [0.5, 0.6) is 5.75 Å². The van der Waals surface area contributed by atoms with Crippen LogP contribution in [-0.2, 0) is 6.61 Å². The Hall–Kier alpha value is -2.45. The molecule has 0 fully saturated rings. The molecule has 2 nitrogen and oxygen atoms in total. The van der Waals surface area contributed by atoms with Crippen LogP contribution in [0, 0.1) is 0 Å². The number of aliphatic hydroxyl groups is 1. The van der Waals surface area contributed by atoms with E-state index in [4.69, 9.17) is 4.74 Å². The molecule has 33 heavy (non-hydrogen) atoms. The molecule has 1 N–H and O–H groups in total. The van der Waals surface area contributed by atoms with Crippen LogP contribution in [0.4, 0.5) is 0 Å². The SMILES string of the molecule is OCc1ccc(OCCCCP(Br)(c2ccccc2)(c2ccccc2)c2ccccc2)cc1. The number of unbranched alkanes of at least 4 members (excludes halogenated alkanes) is 1. The van der Waals surface area contributed by atoms with Crippen LogP contribution in [0.15, 0.2) is 115 Å². The Bertz CT molecular complexity index is 1030. The van der Waals surface area contributed by atoms with E-state index in [0.717, 1.165) is 30.3 Å². The van der Waals surface area contributed by atoms with Crippen molar-refractivity contribution in [2.24, 2.45) is 0 Å². The van der Waals surface area contributed by atoms with Gasteiger partial charge in [-0.2, -0.15) is 0 Å². The molecular formula is C29H30BrO2P. The summed E-state index contributed by atoms with van der Waals surface area (Å²) in [6, 6.07) is 40.4. The molecule has 0 saturated carbocycles. The predicted molar refractivity (Wildman–Crippen MR) is 146 cm³/mol. The second-order valence-electron chi connectivity index (χ2n) is 8.27. The summed E-state index contributed by atoms with van der Waals surface area (Å²) in [5.74, 6) is 0.845. The molecule has 170 valence electrons. The molecule has 0 atom stereocenters. The Kier molecular flexibility index (Phi) is 7.65. The van der Waals surface area contributed by atoms with Gasteiger partial charge < -0.3 is 0 Å². The summed E-state index contributed by atoms with van der Waals surface area (Å²) in [6.07, 6.45) is 2.99. The van der Waals surface area contributed by atoms with Crippen LogP contribution in [0.2, 0.25) is 0 Å². The van der Waals surface area contributed by atoms with Crippen LogP contribution in [0.1, 0.15) is 18.4 Å². The number of halogens is 1. The number of aliphatic hydroxyl groups excluding tert-OH is 1. The molecule has 0 radical (unpaired) electrons. The summed E-state index contributed by atoms with van der Waals surface area (Å²) in [7, 11) is 0. The molecule has 4 heteroatoms. The Morgan fingerprint density at radius 2 is 1.06 bits per heavy atom. The first-order valence-corrected chi connectivity index (χ1v) is 15.8. The summed E-state index contributed by atoms with van der Waals surface area (Å²) in [5.41, 5.74) is 0.896. The minimum atomic E-state index is -2.85. The maximum absolute atomic E-state index is 9.22. The fourth-order valence-electron chi connectivity index (χ4n) is 4.44. The van der Waals surface area contributed by atoms with Crippen molar-refractivity contribution in [1.82, 2.24) is 0 Å². The molecule has 4 aromatic carbocycles.